The minimum absolute atomic E-state index is 0.0795. The molecule has 1 saturated heterocycles. The van der Waals surface area contributed by atoms with Crippen molar-refractivity contribution in [2.75, 3.05) is 18.0 Å². The molecule has 2 aliphatic rings. The molecule has 0 bridgehead atoms. The highest BCUT2D eigenvalue weighted by atomic mass is 79.9. The fraction of sp³-hybridized carbons (Fsp3) is 0.318. The Labute approximate surface area is 182 Å². The summed E-state index contributed by atoms with van der Waals surface area (Å²) in [6.45, 7) is 3.78. The van der Waals surface area contributed by atoms with E-state index in [1.165, 1.54) is 13.8 Å². The van der Waals surface area contributed by atoms with E-state index in [0.29, 0.717) is 30.1 Å². The Kier molecular flexibility index (Phi) is 5.62. The van der Waals surface area contributed by atoms with Crippen LogP contribution in [0.1, 0.15) is 42.2 Å². The molecular formula is C22H21BrN2O5. The number of amides is 1. The predicted molar refractivity (Wildman–Crippen MR) is 113 cm³/mol. The molecular weight excluding hydrogens is 452 g/mol. The van der Waals surface area contributed by atoms with Gasteiger partial charge in [-0.15, -0.1) is 5.06 Å². The van der Waals surface area contributed by atoms with E-state index in [1.54, 1.807) is 34.2 Å². The Balaban J connectivity index is 1.78. The first-order valence-electron chi connectivity index (χ1n) is 9.69. The molecule has 0 spiro atoms. The smallest absolute Gasteiger partial charge is 0.322 e. The molecule has 30 heavy (non-hydrogen) atoms. The number of carbonyl (C=O) groups is 3. The van der Waals surface area contributed by atoms with E-state index < -0.39 is 5.97 Å². The van der Waals surface area contributed by atoms with Crippen LogP contribution in [-0.2, 0) is 14.4 Å². The third kappa shape index (κ3) is 3.85. The third-order valence-electron chi connectivity index (χ3n) is 5.36. The van der Waals surface area contributed by atoms with Gasteiger partial charge in [-0.3, -0.25) is 14.4 Å². The second-order valence-corrected chi connectivity index (χ2v) is 8.28. The van der Waals surface area contributed by atoms with Gasteiger partial charge in [-0.2, -0.15) is 0 Å². The summed E-state index contributed by atoms with van der Waals surface area (Å²) >= 11 is 3.46. The molecule has 0 saturated carbocycles. The summed E-state index contributed by atoms with van der Waals surface area (Å²) in [5.74, 6) is -0.458. The van der Waals surface area contributed by atoms with Crippen LogP contribution in [0.4, 0.5) is 5.69 Å². The summed E-state index contributed by atoms with van der Waals surface area (Å²) < 4.78 is 5.99. The van der Waals surface area contributed by atoms with Crippen molar-refractivity contribution in [3.05, 3.63) is 58.1 Å². The molecule has 7 nitrogen and oxygen atoms in total. The van der Waals surface area contributed by atoms with Crippen LogP contribution >= 0.6 is 15.9 Å². The molecule has 0 N–H and O–H groups in total. The molecule has 2 atom stereocenters. The Bertz CT molecular complexity index is 1020. The number of ether oxygens (including phenoxy) is 1. The molecule has 4 rings (SSSR count). The van der Waals surface area contributed by atoms with Crippen molar-refractivity contribution in [3.8, 4) is 5.75 Å². The van der Waals surface area contributed by atoms with Crippen LogP contribution in [0.15, 0.2) is 46.9 Å². The van der Waals surface area contributed by atoms with Gasteiger partial charge in [0.15, 0.2) is 0 Å². The van der Waals surface area contributed by atoms with Gasteiger partial charge in [-0.1, -0.05) is 12.1 Å². The summed E-state index contributed by atoms with van der Waals surface area (Å²) in [6.07, 6.45) is 0.773. The second kappa shape index (κ2) is 8.20. The molecule has 1 fully saturated rings. The Morgan fingerprint density at radius 2 is 1.83 bits per heavy atom. The predicted octanol–water partition coefficient (Wildman–Crippen LogP) is 3.88. The second-order valence-electron chi connectivity index (χ2n) is 7.43. The van der Waals surface area contributed by atoms with Gasteiger partial charge >= 0.3 is 11.9 Å². The minimum Gasteiger partial charge on any atom is -0.427 e. The highest BCUT2D eigenvalue weighted by Crippen LogP contribution is 2.47. The first kappa shape index (κ1) is 20.6. The summed E-state index contributed by atoms with van der Waals surface area (Å²) in [5, 5.41) is 1.67. The van der Waals surface area contributed by atoms with Crippen LogP contribution in [0.3, 0.4) is 0 Å². The number of carbonyl (C=O) groups excluding carboxylic acids is 3. The van der Waals surface area contributed by atoms with Crippen molar-refractivity contribution in [2.45, 2.75) is 26.3 Å². The molecule has 1 amide bonds. The standard InChI is InChI=1S/C22H21BrN2O5/c1-13(26)29-16-7-8-20-18(11-16)21-15(9-10-25(21)30-14(2)27)12-24(20)22(28)17-5-3-4-6-19(17)23/h3-8,11,15,21H,9-10,12H2,1-2H3/t15-,21-/m0/s1. The molecule has 8 heteroatoms. The van der Waals surface area contributed by atoms with Crippen molar-refractivity contribution >= 4 is 39.5 Å². The molecule has 0 aromatic heterocycles. The van der Waals surface area contributed by atoms with Crippen molar-refractivity contribution in [1.82, 2.24) is 5.06 Å². The summed E-state index contributed by atoms with van der Waals surface area (Å²) in [5.41, 5.74) is 2.08. The summed E-state index contributed by atoms with van der Waals surface area (Å²) in [4.78, 5) is 43.6. The lowest BCUT2D eigenvalue weighted by Gasteiger charge is -2.39. The molecule has 2 aromatic rings. The first-order chi connectivity index (χ1) is 14.3. The number of hydrogen-bond donors (Lipinski definition) is 0. The number of halogens is 1. The van der Waals surface area contributed by atoms with E-state index in [2.05, 4.69) is 15.9 Å². The topological polar surface area (TPSA) is 76.2 Å². The Morgan fingerprint density at radius 3 is 2.53 bits per heavy atom. The maximum Gasteiger partial charge on any atom is 0.322 e. The van der Waals surface area contributed by atoms with E-state index in [-0.39, 0.29) is 23.8 Å². The van der Waals surface area contributed by atoms with Crippen LogP contribution in [-0.4, -0.2) is 36.0 Å². The number of benzene rings is 2. The SMILES string of the molecule is CC(=O)Oc1ccc2c(c1)[C@@H]1[C@@H](CCN1OC(C)=O)CN2C(=O)c1ccccc1Br. The third-order valence-corrected chi connectivity index (χ3v) is 6.05. The molecule has 156 valence electrons. The van der Waals surface area contributed by atoms with E-state index >= 15 is 0 Å². The maximum absolute atomic E-state index is 13.4. The number of hydroxylamine groups is 2. The lowest BCUT2D eigenvalue weighted by atomic mass is 9.87. The van der Waals surface area contributed by atoms with E-state index in [9.17, 15) is 14.4 Å². The number of esters is 1. The number of nitrogens with zero attached hydrogens (tertiary/aromatic N) is 2. The van der Waals surface area contributed by atoms with Crippen LogP contribution in [0.5, 0.6) is 5.75 Å². The van der Waals surface area contributed by atoms with Crippen LogP contribution in [0, 0.1) is 5.92 Å². The van der Waals surface area contributed by atoms with Crippen molar-refractivity contribution in [3.63, 3.8) is 0 Å². The normalized spacial score (nSPS) is 20.3. The number of anilines is 1. The summed E-state index contributed by atoms with van der Waals surface area (Å²) in [6, 6.07) is 12.3. The van der Waals surface area contributed by atoms with Gasteiger partial charge in [0.1, 0.15) is 5.75 Å². The highest BCUT2D eigenvalue weighted by molar-refractivity contribution is 9.10. The highest BCUT2D eigenvalue weighted by Gasteiger charge is 2.45. The zero-order chi connectivity index (χ0) is 21.4. The zero-order valence-electron chi connectivity index (χ0n) is 16.6. The van der Waals surface area contributed by atoms with E-state index in [1.807, 2.05) is 18.2 Å². The average molecular weight is 473 g/mol. The number of fused-ring (bicyclic) bond motifs is 3. The van der Waals surface area contributed by atoms with E-state index in [0.717, 1.165) is 16.5 Å². The maximum atomic E-state index is 13.4. The molecule has 0 radical (unpaired) electrons. The lowest BCUT2D eigenvalue weighted by Crippen LogP contribution is -2.43. The van der Waals surface area contributed by atoms with Crippen molar-refractivity contribution in [1.29, 1.82) is 0 Å². The quantitative estimate of drug-likeness (QED) is 0.498. The fourth-order valence-corrected chi connectivity index (χ4v) is 4.70. The van der Waals surface area contributed by atoms with Gasteiger partial charge in [-0.25, -0.2) is 0 Å². The molecule has 2 aromatic carbocycles. The van der Waals surface area contributed by atoms with Crippen LogP contribution in [0.2, 0.25) is 0 Å². The molecule has 2 aliphatic heterocycles. The Morgan fingerprint density at radius 1 is 1.07 bits per heavy atom. The monoisotopic (exact) mass is 472 g/mol. The molecule has 2 heterocycles. The van der Waals surface area contributed by atoms with Crippen molar-refractivity contribution in [2.24, 2.45) is 5.92 Å². The zero-order valence-corrected chi connectivity index (χ0v) is 18.2. The fourth-order valence-electron chi connectivity index (χ4n) is 4.24. The lowest BCUT2D eigenvalue weighted by molar-refractivity contribution is -0.194. The minimum atomic E-state index is -0.424. The summed E-state index contributed by atoms with van der Waals surface area (Å²) in [7, 11) is 0. The Hall–Kier alpha value is -2.71. The van der Waals surface area contributed by atoms with Gasteiger partial charge in [0.25, 0.3) is 5.91 Å². The molecule has 0 aliphatic carbocycles. The average Bonchev–Trinajstić information content (AvgIpc) is 3.09. The van der Waals surface area contributed by atoms with Crippen LogP contribution < -0.4 is 9.64 Å². The van der Waals surface area contributed by atoms with Gasteiger partial charge in [0.2, 0.25) is 0 Å². The van der Waals surface area contributed by atoms with Crippen molar-refractivity contribution < 1.29 is 24.0 Å². The van der Waals surface area contributed by atoms with Gasteiger partial charge in [0, 0.05) is 48.6 Å². The van der Waals surface area contributed by atoms with Crippen LogP contribution in [0.25, 0.3) is 0 Å². The first-order valence-corrected chi connectivity index (χ1v) is 10.5. The largest absolute Gasteiger partial charge is 0.427 e. The number of rotatable bonds is 3. The van der Waals surface area contributed by atoms with Gasteiger partial charge in [-0.05, 0) is 52.7 Å². The number of hydrogen-bond acceptors (Lipinski definition) is 6. The van der Waals surface area contributed by atoms with E-state index in [4.69, 9.17) is 9.57 Å². The molecule has 0 unspecified atom stereocenters. The van der Waals surface area contributed by atoms with Gasteiger partial charge < -0.3 is 14.5 Å². The van der Waals surface area contributed by atoms with Gasteiger partial charge in [0.05, 0.1) is 11.6 Å².